The fourth-order valence-electron chi connectivity index (χ4n) is 3.36. The largest absolute Gasteiger partial charge is 0.394 e. The minimum atomic E-state index is -0.828. The van der Waals surface area contributed by atoms with Crippen LogP contribution in [0.25, 0.3) is 11.0 Å². The summed E-state index contributed by atoms with van der Waals surface area (Å²) >= 11 is 0. The van der Waals surface area contributed by atoms with E-state index in [-0.39, 0.29) is 30.5 Å². The highest BCUT2D eigenvalue weighted by molar-refractivity contribution is 6.21. The van der Waals surface area contributed by atoms with Gasteiger partial charge in [-0.1, -0.05) is 6.92 Å². The third kappa shape index (κ3) is 2.05. The van der Waals surface area contributed by atoms with E-state index >= 15 is 0 Å². The topological polar surface area (TPSA) is 127 Å². The molecular formula is C15H16N4O5. The Bertz CT molecular complexity index is 848. The van der Waals surface area contributed by atoms with Crippen molar-refractivity contribution in [1.82, 2.24) is 14.5 Å². The number of anilines is 1. The summed E-state index contributed by atoms with van der Waals surface area (Å²) in [6.45, 7) is 1.50. The van der Waals surface area contributed by atoms with Crippen molar-refractivity contribution in [1.29, 1.82) is 0 Å². The Labute approximate surface area is 136 Å². The minimum absolute atomic E-state index is 0.265. The second-order valence-electron chi connectivity index (χ2n) is 6.12. The third-order valence-electron chi connectivity index (χ3n) is 4.63. The Morgan fingerprint density at radius 2 is 2.21 bits per heavy atom. The van der Waals surface area contributed by atoms with Crippen molar-refractivity contribution in [2.75, 3.05) is 11.9 Å². The molecular weight excluding hydrogens is 316 g/mol. The first kappa shape index (κ1) is 15.2. The Kier molecular flexibility index (Phi) is 3.37. The number of amides is 1. The molecule has 0 bridgehead atoms. The second kappa shape index (κ2) is 5.33. The molecule has 2 aliphatic heterocycles. The lowest BCUT2D eigenvalue weighted by molar-refractivity contribution is -0.115. The van der Waals surface area contributed by atoms with Crippen LogP contribution in [0, 0.1) is 5.92 Å². The number of nitrogens with zero attached hydrogens (tertiary/aromatic N) is 3. The van der Waals surface area contributed by atoms with Crippen LogP contribution in [0.4, 0.5) is 5.82 Å². The lowest BCUT2D eigenvalue weighted by Crippen LogP contribution is -2.28. The number of ether oxygens (including phenoxy) is 1. The first-order chi connectivity index (χ1) is 11.5. The minimum Gasteiger partial charge on any atom is -0.394 e. The van der Waals surface area contributed by atoms with Gasteiger partial charge < -0.3 is 24.8 Å². The van der Waals surface area contributed by atoms with E-state index in [2.05, 4.69) is 15.3 Å². The van der Waals surface area contributed by atoms with E-state index in [1.807, 2.05) is 0 Å². The monoisotopic (exact) mass is 332 g/mol. The molecule has 1 saturated heterocycles. The van der Waals surface area contributed by atoms with Gasteiger partial charge in [0.15, 0.2) is 5.78 Å². The smallest absolute Gasteiger partial charge is 0.233 e. The lowest BCUT2D eigenvalue weighted by atomic mass is 10.0. The lowest BCUT2D eigenvalue weighted by Gasteiger charge is -2.18. The molecule has 0 spiro atoms. The molecule has 2 aromatic rings. The van der Waals surface area contributed by atoms with Gasteiger partial charge in [0, 0.05) is 17.7 Å². The Balaban J connectivity index is 1.89. The van der Waals surface area contributed by atoms with Crippen LogP contribution in [-0.4, -0.2) is 55.3 Å². The number of Topliss-reactive ketones (excluding diaryl/α,β-unsaturated/α-hetero) is 1. The van der Waals surface area contributed by atoms with Crippen LogP contribution in [-0.2, 0) is 9.53 Å². The number of carbonyl (C=O) groups is 2. The van der Waals surface area contributed by atoms with Gasteiger partial charge >= 0.3 is 0 Å². The summed E-state index contributed by atoms with van der Waals surface area (Å²) in [5.41, 5.74) is 0.782. The van der Waals surface area contributed by atoms with Crippen LogP contribution >= 0.6 is 0 Å². The molecule has 0 aliphatic carbocycles. The predicted molar refractivity (Wildman–Crippen MR) is 81.3 cm³/mol. The van der Waals surface area contributed by atoms with Crippen molar-refractivity contribution in [2.24, 2.45) is 5.92 Å². The van der Waals surface area contributed by atoms with Gasteiger partial charge in [-0.05, 0) is 0 Å². The SMILES string of the molecule is C[C@@H]1C(n2cc3c4c(ncnc42)NC(=O)CC3=O)O[C@H](CO)[C@H]1O. The fraction of sp³-hybridized carbons (Fsp3) is 0.467. The Hall–Kier alpha value is -2.36. The average molecular weight is 332 g/mol. The average Bonchev–Trinajstić information content (AvgIpc) is 3.03. The van der Waals surface area contributed by atoms with Gasteiger partial charge in [-0.2, -0.15) is 0 Å². The van der Waals surface area contributed by atoms with Crippen molar-refractivity contribution >= 4 is 28.5 Å². The van der Waals surface area contributed by atoms with Crippen LogP contribution in [0.3, 0.4) is 0 Å². The zero-order valence-electron chi connectivity index (χ0n) is 12.8. The van der Waals surface area contributed by atoms with Gasteiger partial charge in [0.1, 0.15) is 30.1 Å². The maximum absolute atomic E-state index is 12.3. The molecule has 2 aromatic heterocycles. The summed E-state index contributed by atoms with van der Waals surface area (Å²) < 4.78 is 7.40. The third-order valence-corrected chi connectivity index (χ3v) is 4.63. The summed E-state index contributed by atoms with van der Waals surface area (Å²) in [6.07, 6.45) is 0.505. The van der Waals surface area contributed by atoms with Crippen LogP contribution in [0.1, 0.15) is 29.9 Å². The van der Waals surface area contributed by atoms with Crippen molar-refractivity contribution < 1.29 is 24.5 Å². The number of hydrogen-bond donors (Lipinski definition) is 3. The molecule has 9 heteroatoms. The van der Waals surface area contributed by atoms with Gasteiger partial charge in [0.05, 0.1) is 24.5 Å². The molecule has 3 N–H and O–H groups in total. The van der Waals surface area contributed by atoms with Gasteiger partial charge in [-0.3, -0.25) is 9.59 Å². The number of aliphatic hydroxyl groups excluding tert-OH is 2. The number of aliphatic hydroxyl groups is 2. The first-order valence-electron chi connectivity index (χ1n) is 7.64. The van der Waals surface area contributed by atoms with Crippen LogP contribution in [0.2, 0.25) is 0 Å². The zero-order valence-corrected chi connectivity index (χ0v) is 12.8. The summed E-state index contributed by atoms with van der Waals surface area (Å²) in [5, 5.41) is 22.6. The molecule has 1 unspecified atom stereocenters. The van der Waals surface area contributed by atoms with E-state index in [0.29, 0.717) is 16.6 Å². The second-order valence-corrected chi connectivity index (χ2v) is 6.12. The molecule has 24 heavy (non-hydrogen) atoms. The summed E-state index contributed by atoms with van der Waals surface area (Å²) in [4.78, 5) is 32.3. The summed E-state index contributed by atoms with van der Waals surface area (Å²) in [5.74, 6) is -0.759. The van der Waals surface area contributed by atoms with Gasteiger partial charge in [0.2, 0.25) is 5.91 Å². The summed E-state index contributed by atoms with van der Waals surface area (Å²) in [7, 11) is 0. The molecule has 4 heterocycles. The van der Waals surface area contributed by atoms with Gasteiger partial charge in [0.25, 0.3) is 0 Å². The van der Waals surface area contributed by atoms with E-state index in [1.54, 1.807) is 17.7 Å². The van der Waals surface area contributed by atoms with Crippen LogP contribution in [0.5, 0.6) is 0 Å². The summed E-state index contributed by atoms with van der Waals surface area (Å²) in [6, 6.07) is 0. The highest BCUT2D eigenvalue weighted by Crippen LogP contribution is 2.39. The number of carbonyl (C=O) groups excluding carboxylic acids is 2. The Morgan fingerprint density at radius 3 is 2.92 bits per heavy atom. The number of hydrogen-bond acceptors (Lipinski definition) is 7. The first-order valence-corrected chi connectivity index (χ1v) is 7.64. The molecule has 1 fully saturated rings. The van der Waals surface area contributed by atoms with Crippen LogP contribution < -0.4 is 5.32 Å². The van der Waals surface area contributed by atoms with E-state index in [9.17, 15) is 19.8 Å². The van der Waals surface area contributed by atoms with Gasteiger partial charge in [-0.15, -0.1) is 0 Å². The van der Waals surface area contributed by atoms with E-state index in [0.717, 1.165) is 0 Å². The highest BCUT2D eigenvalue weighted by Gasteiger charge is 2.42. The fourth-order valence-corrected chi connectivity index (χ4v) is 3.36. The molecule has 4 atom stereocenters. The number of ketones is 1. The molecule has 9 nitrogen and oxygen atoms in total. The molecule has 4 rings (SSSR count). The van der Waals surface area contributed by atoms with Crippen molar-refractivity contribution in [3.05, 3.63) is 18.1 Å². The molecule has 0 saturated carbocycles. The maximum Gasteiger partial charge on any atom is 0.233 e. The maximum atomic E-state index is 12.3. The normalized spacial score (nSPS) is 29.8. The molecule has 0 radical (unpaired) electrons. The number of aromatic nitrogens is 3. The molecule has 126 valence electrons. The number of nitrogens with one attached hydrogen (secondary N) is 1. The molecule has 2 aliphatic rings. The van der Waals surface area contributed by atoms with Crippen LogP contribution in [0.15, 0.2) is 12.5 Å². The molecule has 1 amide bonds. The zero-order chi connectivity index (χ0) is 17.0. The van der Waals surface area contributed by atoms with E-state index in [1.165, 1.54) is 6.33 Å². The van der Waals surface area contributed by atoms with E-state index < -0.39 is 24.3 Å². The quantitative estimate of drug-likeness (QED) is 0.652. The standard InChI is InChI=1S/C15H16N4O5/c1-6-12(23)9(4-20)24-15(6)19-3-7-8(21)2-10(22)18-13-11(7)14(19)17-5-16-13/h3,5-6,9,12,15,20,23H,2,4H2,1H3,(H,16,17,18,22)/t6-,9+,12-,15?/m0/s1. The van der Waals surface area contributed by atoms with Gasteiger partial charge in [-0.25, -0.2) is 9.97 Å². The predicted octanol–water partition coefficient (Wildman–Crippen LogP) is -0.157. The van der Waals surface area contributed by atoms with Crippen molar-refractivity contribution in [2.45, 2.75) is 31.8 Å². The highest BCUT2D eigenvalue weighted by atomic mass is 16.5. The van der Waals surface area contributed by atoms with Crippen molar-refractivity contribution in [3.8, 4) is 0 Å². The number of rotatable bonds is 2. The molecule has 0 aromatic carbocycles. The Morgan fingerprint density at radius 1 is 1.42 bits per heavy atom. The van der Waals surface area contributed by atoms with E-state index in [4.69, 9.17) is 4.74 Å². The van der Waals surface area contributed by atoms with Crippen molar-refractivity contribution in [3.63, 3.8) is 0 Å².